The highest BCUT2D eigenvalue weighted by molar-refractivity contribution is 6.91. The van der Waals surface area contributed by atoms with Crippen molar-refractivity contribution in [3.63, 3.8) is 0 Å². The minimum Gasteiger partial charge on any atom is -0.403 e. The van der Waals surface area contributed by atoms with E-state index in [0.29, 0.717) is 91.9 Å². The van der Waals surface area contributed by atoms with Crippen molar-refractivity contribution in [3.05, 3.63) is 257 Å². The molecule has 0 saturated heterocycles. The second-order valence-corrected chi connectivity index (χ2v) is 61.5. The molecule has 0 aliphatic carbocycles. The van der Waals surface area contributed by atoms with E-state index in [1.54, 1.807) is 0 Å². The number of aryl methyl sites for hydroxylation is 8. The number of fused-ring (bicyclic) bond motifs is 28. The van der Waals surface area contributed by atoms with Crippen LogP contribution in [0.2, 0.25) is 36.3 Å². The SMILES string of the molecule is CCCCCCc1ccc(CCCCCC)c2c1C1=NC2=Nc2c3c(CCCCCC)ccc(CCCCCC)c3c3n2[Si](O[Si]2(O[Si](C)(C)C(C)(C)C)n4c5c6ccccc6c4N=C4N=C(N=c6c7ccccc7c(n62)=NC2=NC(=N5)c5ccccc52)c2ccccc24)(O[Si](C)(C)C(C)(C)C)n2c(c4c(CCCCCC)ccc(CCCCCC)c4c2=NC2=NC(=N3)c3c(CCCCCC)ccc(CCCCCC)c32)=N1. The van der Waals surface area contributed by atoms with Crippen LogP contribution < -0.4 is 22.0 Å². The van der Waals surface area contributed by atoms with Crippen LogP contribution in [-0.4, -0.2) is 98.0 Å². The molecule has 147 heavy (non-hydrogen) atoms. The van der Waals surface area contributed by atoms with E-state index in [1.807, 2.05) is 0 Å². The van der Waals surface area contributed by atoms with Crippen molar-refractivity contribution in [2.45, 2.75) is 390 Å². The lowest BCUT2D eigenvalue weighted by Gasteiger charge is -2.49. The molecule has 0 N–H and O–H groups in total. The molecule has 2 atom stereocenters. The molecule has 2 unspecified atom stereocenters. The van der Waals surface area contributed by atoms with Crippen LogP contribution in [-0.2, 0) is 63.7 Å². The summed E-state index contributed by atoms with van der Waals surface area (Å²) in [6, 6.07) is 54.5. The third-order valence-corrected chi connectivity index (χ3v) is 52.9. The molecule has 8 aromatic carbocycles. The maximum absolute atomic E-state index is 10.9. The number of aromatic nitrogens is 4. The summed E-state index contributed by atoms with van der Waals surface area (Å²) in [5.41, 5.74) is 19.7. The second kappa shape index (κ2) is 43.7. The molecule has 23 heteroatoms. The van der Waals surface area contributed by atoms with Crippen LogP contribution in [0.15, 0.2) is 206 Å². The molecule has 12 heterocycles. The molecule has 20 rings (SSSR count). The molecule has 8 aliphatic rings. The molecule has 768 valence electrons. The number of rotatable bonds is 46. The number of hydrogen-bond acceptors (Lipinski definition) is 15. The first-order valence-electron chi connectivity index (χ1n) is 57.2. The van der Waals surface area contributed by atoms with Gasteiger partial charge >= 0.3 is 17.8 Å². The van der Waals surface area contributed by atoms with Crippen LogP contribution in [0.25, 0.3) is 43.1 Å². The molecule has 0 saturated carbocycles. The molecule has 0 fully saturated rings. The minimum absolute atomic E-state index is 0.500. The van der Waals surface area contributed by atoms with Crippen molar-refractivity contribution in [2.75, 3.05) is 0 Å². The fourth-order valence-electron chi connectivity index (χ4n) is 23.2. The highest BCUT2D eigenvalue weighted by Gasteiger charge is 2.69. The predicted octanol–water partition coefficient (Wildman–Crippen LogP) is 30.8. The highest BCUT2D eigenvalue weighted by Crippen LogP contribution is 2.55. The van der Waals surface area contributed by atoms with Crippen LogP contribution in [0.5, 0.6) is 0 Å². The van der Waals surface area contributed by atoms with Crippen molar-refractivity contribution in [1.82, 2.24) is 16.9 Å². The van der Waals surface area contributed by atoms with Gasteiger partial charge in [0.25, 0.3) is 0 Å². The summed E-state index contributed by atoms with van der Waals surface area (Å²) in [5, 5.41) is 6.15. The maximum Gasteiger partial charge on any atom is 0.586 e. The molecule has 12 aromatic rings. The Morgan fingerprint density at radius 1 is 0.224 bits per heavy atom. The molecule has 0 radical (unpaired) electrons. The van der Waals surface area contributed by atoms with Gasteiger partial charge in [-0.15, -0.1) is 0 Å². The van der Waals surface area contributed by atoms with E-state index in [9.17, 15) is 12.3 Å². The molecule has 0 spiro atoms. The fourth-order valence-corrected chi connectivity index (χ4v) is 40.3. The Labute approximate surface area is 877 Å². The van der Waals surface area contributed by atoms with Gasteiger partial charge in [0.05, 0.1) is 0 Å². The van der Waals surface area contributed by atoms with Crippen molar-refractivity contribution in [2.24, 2.45) is 59.9 Å². The van der Waals surface area contributed by atoms with E-state index < -0.39 is 44.5 Å². The smallest absolute Gasteiger partial charge is 0.403 e. The molecular formula is C124H158N16O3Si4. The fraction of sp³-hybridized carbons (Fsp3) is 0.484. The van der Waals surface area contributed by atoms with Gasteiger partial charge < -0.3 is 12.3 Å². The molecule has 19 nitrogen and oxygen atoms in total. The summed E-state index contributed by atoms with van der Waals surface area (Å²) in [7, 11) is -19.1. The van der Waals surface area contributed by atoms with Gasteiger partial charge in [-0.25, -0.2) is 59.9 Å². The first-order valence-corrected chi connectivity index (χ1v) is 66.5. The van der Waals surface area contributed by atoms with Gasteiger partial charge in [-0.1, -0.05) is 397 Å². The Hall–Kier alpha value is -10.8. The van der Waals surface area contributed by atoms with Crippen LogP contribution in [0, 0.1) is 0 Å². The molecule has 0 amide bonds. The number of hydrogen-bond donors (Lipinski definition) is 0. The van der Waals surface area contributed by atoms with Gasteiger partial charge in [0.1, 0.15) is 45.2 Å². The standard InChI is InChI=1S/C124H158N16O3Si4/c1-19-27-35-43-59-83-75-76-84(60-44-36-28-20-2)100-99(83)111-127-112(100)134-120-105-89(65-49-41-33-25-7)81-82-90(66-50-42-34-26-8)106(105)122-136-114-102-86(62-46-38-30-22-4)78-77-85(61-45-37-29-21-3)101(102)113(128-114)135-121-104-88(64-48-40-32-24-6)80-79-87(63-47-39-31-23-5)103(104)119(133-111)139(121)147(140(120)122,142-145(17,18)124(12,13)14)143-146(141-144(15,16)123(9,10)11)137-115-95-71-55-56-72-96(95)117(137)131-109-93-69-53-54-70-94(93)110(126-109)132-118-98-74-58-57-73-97(98)116(138(118)146)130-108-92-68-52-51-67-91(92)107(125-108)129-115/h51-58,67-82H,19-50,59-66H2,1-18H3. The van der Waals surface area contributed by atoms with E-state index in [0.717, 1.165) is 344 Å². The third kappa shape index (κ3) is 19.2. The summed E-state index contributed by atoms with van der Waals surface area (Å²) in [6.07, 6.45) is 40.5. The lowest BCUT2D eigenvalue weighted by Crippen LogP contribution is -2.78. The lowest BCUT2D eigenvalue weighted by molar-refractivity contribution is 0.252. The molecule has 8 aliphatic heterocycles. The van der Waals surface area contributed by atoms with Gasteiger partial charge in [-0.3, -0.25) is 16.9 Å². The Bertz CT molecular complexity index is 7250. The zero-order valence-corrected chi connectivity index (χ0v) is 95.5. The average Bonchev–Trinajstić information content (AvgIpc) is 1.50. The Balaban J connectivity index is 1.13. The number of unbranched alkanes of at least 4 members (excludes halogenated alkanes) is 24. The van der Waals surface area contributed by atoms with E-state index >= 15 is 0 Å². The van der Waals surface area contributed by atoms with Gasteiger partial charge in [-0.2, -0.15) is 0 Å². The summed E-state index contributed by atoms with van der Waals surface area (Å²) in [5.74, 6) is 6.97. The number of aliphatic imine (C=N–C) groups is 8. The first-order chi connectivity index (χ1) is 71.4. The van der Waals surface area contributed by atoms with Crippen molar-refractivity contribution >= 4 is 147 Å². The van der Waals surface area contributed by atoms with E-state index in [4.69, 9.17) is 59.9 Å². The highest BCUT2D eigenvalue weighted by atomic mass is 28.5. The third-order valence-electron chi connectivity index (χ3n) is 33.4. The average molecular weight is 2030 g/mol. The van der Waals surface area contributed by atoms with Crippen molar-refractivity contribution < 1.29 is 12.3 Å². The molecular weight excluding hydrogens is 1870 g/mol. The summed E-state index contributed by atoms with van der Waals surface area (Å²) in [6.45, 7) is 42.9. The van der Waals surface area contributed by atoms with Gasteiger partial charge in [-0.05, 0) is 184 Å². The van der Waals surface area contributed by atoms with E-state index in [2.05, 4.69) is 286 Å². The van der Waals surface area contributed by atoms with Gasteiger partial charge in [0.15, 0.2) is 63.3 Å². The number of amidine groups is 8. The van der Waals surface area contributed by atoms with Crippen LogP contribution >= 0.6 is 0 Å². The maximum atomic E-state index is 10.9. The monoisotopic (exact) mass is 2030 g/mol. The number of nitrogens with zero attached hydrogens (tertiary/aromatic N) is 16. The number of benzene rings is 8. The van der Waals surface area contributed by atoms with Gasteiger partial charge in [0.2, 0.25) is 0 Å². The topological polar surface area (TPSA) is 196 Å². The van der Waals surface area contributed by atoms with Crippen LogP contribution in [0.4, 0.5) is 23.3 Å². The zero-order valence-electron chi connectivity index (χ0n) is 91.5. The Kier molecular flexibility index (Phi) is 30.7. The normalized spacial score (nSPS) is 16.8. The van der Waals surface area contributed by atoms with E-state index in [-0.39, 0.29) is 0 Å². The van der Waals surface area contributed by atoms with Gasteiger partial charge in [0, 0.05) is 87.6 Å². The largest absolute Gasteiger partial charge is 0.586 e. The lowest BCUT2D eigenvalue weighted by atomic mass is 9.90. The van der Waals surface area contributed by atoms with Crippen LogP contribution in [0.1, 0.15) is 391 Å². The molecule has 12 bridgehead atoms. The summed E-state index contributed by atoms with van der Waals surface area (Å²) in [4.78, 5) is 77.9. The Morgan fingerprint density at radius 3 is 0.741 bits per heavy atom. The Morgan fingerprint density at radius 2 is 0.449 bits per heavy atom. The van der Waals surface area contributed by atoms with Crippen molar-refractivity contribution in [1.29, 1.82) is 0 Å². The first kappa shape index (κ1) is 103. The van der Waals surface area contributed by atoms with E-state index in [1.165, 1.54) is 44.5 Å². The summed E-state index contributed by atoms with van der Waals surface area (Å²) < 4.78 is 41.0. The quantitative estimate of drug-likeness (QED) is 0.0271. The predicted molar refractivity (Wildman–Crippen MR) is 623 cm³/mol. The minimum atomic E-state index is -5.89. The summed E-state index contributed by atoms with van der Waals surface area (Å²) >= 11 is 0. The van der Waals surface area contributed by atoms with Crippen molar-refractivity contribution in [3.8, 4) is 0 Å². The molecule has 4 aromatic heterocycles. The second-order valence-electron chi connectivity index (χ2n) is 46.0. The van der Waals surface area contributed by atoms with Crippen LogP contribution in [0.3, 0.4) is 0 Å². The zero-order chi connectivity index (χ0) is 102.